The van der Waals surface area contributed by atoms with Crippen LogP contribution in [-0.2, 0) is 14.8 Å². The maximum atomic E-state index is 13.1. The summed E-state index contributed by atoms with van der Waals surface area (Å²) < 4.78 is 38.0. The predicted molar refractivity (Wildman–Crippen MR) is 125 cm³/mol. The van der Waals surface area contributed by atoms with Crippen LogP contribution in [0.25, 0.3) is 22.4 Å². The van der Waals surface area contributed by atoms with E-state index in [2.05, 4.69) is 15.0 Å². The van der Waals surface area contributed by atoms with Crippen LogP contribution in [0.2, 0.25) is 0 Å². The highest BCUT2D eigenvalue weighted by atomic mass is 32.2. The summed E-state index contributed by atoms with van der Waals surface area (Å²) in [5.41, 5.74) is 2.10. The van der Waals surface area contributed by atoms with Crippen molar-refractivity contribution in [2.75, 3.05) is 19.0 Å². The van der Waals surface area contributed by atoms with Gasteiger partial charge in [0.2, 0.25) is 10.0 Å². The molecule has 1 amide bonds. The number of para-hydroxylation sites is 1. The second-order valence-corrected chi connectivity index (χ2v) is 9.22. The number of hydrogen-bond donors (Lipinski definition) is 2. The lowest BCUT2D eigenvalue weighted by Gasteiger charge is -2.14. The van der Waals surface area contributed by atoms with Crippen LogP contribution in [0.4, 0.5) is 5.69 Å². The molecule has 9 heteroatoms. The number of carbonyl (C=O) groups is 1. The van der Waals surface area contributed by atoms with E-state index in [9.17, 15) is 13.2 Å². The number of pyridine rings is 1. The van der Waals surface area contributed by atoms with Gasteiger partial charge in [0, 0.05) is 24.2 Å². The number of rotatable bonds is 8. The number of hydrogen-bond acceptors (Lipinski definition) is 6. The van der Waals surface area contributed by atoms with E-state index in [-0.39, 0.29) is 23.5 Å². The average molecular weight is 466 g/mol. The van der Waals surface area contributed by atoms with Gasteiger partial charge in [0.15, 0.2) is 5.76 Å². The van der Waals surface area contributed by atoms with E-state index in [4.69, 9.17) is 9.15 Å². The lowest BCUT2D eigenvalue weighted by atomic mass is 10.1. The minimum atomic E-state index is -3.70. The van der Waals surface area contributed by atoms with Crippen LogP contribution in [0, 0.1) is 0 Å². The van der Waals surface area contributed by atoms with Crippen molar-refractivity contribution < 1.29 is 22.4 Å². The van der Waals surface area contributed by atoms with Gasteiger partial charge in [0.1, 0.15) is 5.69 Å². The Balaban J connectivity index is 1.59. The first-order valence-corrected chi connectivity index (χ1v) is 11.7. The van der Waals surface area contributed by atoms with Gasteiger partial charge >= 0.3 is 0 Å². The molecule has 0 fully saturated rings. The standard InChI is InChI=1S/C24H23N3O5S/c1-16(15-31-2)27-33(29,30)18-11-9-17(10-12-18)25-24(28)20-14-22(23-8-5-13-32-23)26-21-7-4-3-6-19(20)21/h3-14,16,27H,15H2,1-2H3,(H,25,28). The summed E-state index contributed by atoms with van der Waals surface area (Å²) in [4.78, 5) is 17.8. The Morgan fingerprint density at radius 1 is 1.09 bits per heavy atom. The Bertz CT molecular complexity index is 1370. The zero-order valence-electron chi connectivity index (χ0n) is 18.1. The van der Waals surface area contributed by atoms with Crippen LogP contribution in [0.1, 0.15) is 17.3 Å². The topological polar surface area (TPSA) is 111 Å². The molecular formula is C24H23N3O5S. The van der Waals surface area contributed by atoms with Gasteiger partial charge < -0.3 is 14.5 Å². The first-order chi connectivity index (χ1) is 15.9. The summed E-state index contributed by atoms with van der Waals surface area (Å²) in [6, 6.07) is 18.2. The molecule has 1 atom stereocenters. The molecule has 4 aromatic rings. The van der Waals surface area contributed by atoms with Gasteiger partial charge in [0.05, 0.1) is 28.8 Å². The zero-order valence-corrected chi connectivity index (χ0v) is 18.9. The number of ether oxygens (including phenoxy) is 1. The van der Waals surface area contributed by atoms with Gasteiger partial charge in [-0.3, -0.25) is 4.79 Å². The molecule has 170 valence electrons. The lowest BCUT2D eigenvalue weighted by Crippen LogP contribution is -2.35. The number of nitrogens with one attached hydrogen (secondary N) is 2. The number of benzene rings is 2. The molecule has 0 aliphatic heterocycles. The fourth-order valence-electron chi connectivity index (χ4n) is 3.45. The molecule has 0 saturated heterocycles. The van der Waals surface area contributed by atoms with Gasteiger partial charge in [-0.2, -0.15) is 0 Å². The zero-order chi connectivity index (χ0) is 23.4. The summed E-state index contributed by atoms with van der Waals surface area (Å²) in [5.74, 6) is 0.211. The van der Waals surface area contributed by atoms with Gasteiger partial charge in [-0.1, -0.05) is 18.2 Å². The molecule has 0 saturated carbocycles. The van der Waals surface area contributed by atoms with Crippen LogP contribution in [0.15, 0.2) is 82.3 Å². The molecule has 1 unspecified atom stereocenters. The predicted octanol–water partition coefficient (Wildman–Crippen LogP) is 4.06. The quantitative estimate of drug-likeness (QED) is 0.406. The largest absolute Gasteiger partial charge is 0.463 e. The Morgan fingerprint density at radius 2 is 1.85 bits per heavy atom. The number of nitrogens with zero attached hydrogens (tertiary/aromatic N) is 1. The molecule has 2 N–H and O–H groups in total. The van der Waals surface area contributed by atoms with Crippen molar-refractivity contribution in [2.45, 2.75) is 17.9 Å². The van der Waals surface area contributed by atoms with E-state index in [1.807, 2.05) is 24.3 Å². The van der Waals surface area contributed by atoms with Crippen LogP contribution in [-0.4, -0.2) is 39.1 Å². The van der Waals surface area contributed by atoms with Gasteiger partial charge in [-0.15, -0.1) is 0 Å². The Morgan fingerprint density at radius 3 is 2.55 bits per heavy atom. The molecule has 0 radical (unpaired) electrons. The molecule has 8 nitrogen and oxygen atoms in total. The molecule has 0 aliphatic rings. The summed E-state index contributed by atoms with van der Waals surface area (Å²) in [6.45, 7) is 1.97. The van der Waals surface area contributed by atoms with Crippen LogP contribution >= 0.6 is 0 Å². The maximum Gasteiger partial charge on any atom is 0.256 e. The molecule has 0 spiro atoms. The maximum absolute atomic E-state index is 13.1. The van der Waals surface area contributed by atoms with Crippen LogP contribution in [0.5, 0.6) is 0 Å². The first kappa shape index (κ1) is 22.7. The minimum Gasteiger partial charge on any atom is -0.463 e. The smallest absolute Gasteiger partial charge is 0.256 e. The van der Waals surface area contributed by atoms with Gasteiger partial charge in [0.25, 0.3) is 5.91 Å². The third kappa shape index (κ3) is 5.11. The van der Waals surface area contributed by atoms with E-state index in [1.54, 1.807) is 43.5 Å². The number of anilines is 1. The highest BCUT2D eigenvalue weighted by Crippen LogP contribution is 2.26. The number of sulfonamides is 1. The number of amides is 1. The number of aromatic nitrogens is 1. The van der Waals surface area contributed by atoms with Crippen molar-refractivity contribution in [3.63, 3.8) is 0 Å². The van der Waals surface area contributed by atoms with E-state index in [0.717, 1.165) is 0 Å². The van der Waals surface area contributed by atoms with Crippen molar-refractivity contribution in [2.24, 2.45) is 0 Å². The summed E-state index contributed by atoms with van der Waals surface area (Å²) in [6.07, 6.45) is 1.55. The molecule has 33 heavy (non-hydrogen) atoms. The third-order valence-electron chi connectivity index (χ3n) is 4.93. The normalized spacial score (nSPS) is 12.5. The fraction of sp³-hybridized carbons (Fsp3) is 0.167. The molecule has 2 aromatic carbocycles. The highest BCUT2D eigenvalue weighted by molar-refractivity contribution is 7.89. The monoisotopic (exact) mass is 465 g/mol. The molecule has 2 heterocycles. The lowest BCUT2D eigenvalue weighted by molar-refractivity contribution is 0.102. The van der Waals surface area contributed by atoms with Gasteiger partial charge in [-0.25, -0.2) is 18.1 Å². The van der Waals surface area contributed by atoms with Crippen LogP contribution < -0.4 is 10.0 Å². The minimum absolute atomic E-state index is 0.0953. The third-order valence-corrected chi connectivity index (χ3v) is 6.54. The molecule has 2 aromatic heterocycles. The second kappa shape index (κ2) is 9.53. The Hall–Kier alpha value is -3.53. The van der Waals surface area contributed by atoms with E-state index in [1.165, 1.54) is 19.2 Å². The SMILES string of the molecule is COCC(C)NS(=O)(=O)c1ccc(NC(=O)c2cc(-c3ccco3)nc3ccccc23)cc1. The van der Waals surface area contributed by atoms with Crippen molar-refractivity contribution in [1.29, 1.82) is 0 Å². The number of fused-ring (bicyclic) bond motifs is 1. The number of methoxy groups -OCH3 is 1. The van der Waals surface area contributed by atoms with Crippen LogP contribution in [0.3, 0.4) is 0 Å². The van der Waals surface area contributed by atoms with Crippen molar-refractivity contribution in [3.05, 3.63) is 78.6 Å². The number of carbonyl (C=O) groups excluding carboxylic acids is 1. The van der Waals surface area contributed by atoms with Crippen molar-refractivity contribution >= 4 is 32.5 Å². The van der Waals surface area contributed by atoms with E-state index < -0.39 is 10.0 Å². The average Bonchev–Trinajstić information content (AvgIpc) is 3.33. The Kier molecular flexibility index (Phi) is 6.55. The number of furan rings is 1. The summed E-state index contributed by atoms with van der Waals surface area (Å²) in [7, 11) is -2.19. The molecule has 4 rings (SSSR count). The molecular weight excluding hydrogens is 442 g/mol. The molecule has 0 bridgehead atoms. The first-order valence-electron chi connectivity index (χ1n) is 10.2. The van der Waals surface area contributed by atoms with Gasteiger partial charge in [-0.05, 0) is 55.5 Å². The summed E-state index contributed by atoms with van der Waals surface area (Å²) in [5, 5.41) is 3.53. The summed E-state index contributed by atoms with van der Waals surface area (Å²) >= 11 is 0. The highest BCUT2D eigenvalue weighted by Gasteiger charge is 2.18. The van der Waals surface area contributed by atoms with E-state index >= 15 is 0 Å². The Labute approximate surface area is 191 Å². The van der Waals surface area contributed by atoms with Crippen molar-refractivity contribution in [1.82, 2.24) is 9.71 Å². The molecule has 0 aliphatic carbocycles. The van der Waals surface area contributed by atoms with Crippen molar-refractivity contribution in [3.8, 4) is 11.5 Å². The fourth-order valence-corrected chi connectivity index (χ4v) is 4.67. The second-order valence-electron chi connectivity index (χ2n) is 7.51. The van der Waals surface area contributed by atoms with E-state index in [0.29, 0.717) is 33.6 Å².